The Labute approximate surface area is 97.5 Å². The summed E-state index contributed by atoms with van der Waals surface area (Å²) < 4.78 is 1.86. The van der Waals surface area contributed by atoms with E-state index in [1.54, 1.807) is 0 Å². The van der Waals surface area contributed by atoms with E-state index < -0.39 is 0 Å². The van der Waals surface area contributed by atoms with Crippen LogP contribution in [0.2, 0.25) is 0 Å². The summed E-state index contributed by atoms with van der Waals surface area (Å²) in [4.78, 5) is 0. The highest BCUT2D eigenvalue weighted by Gasteiger charge is 2.19. The molecule has 1 heterocycles. The third-order valence-corrected chi connectivity index (χ3v) is 2.88. The third kappa shape index (κ3) is 3.81. The van der Waals surface area contributed by atoms with Gasteiger partial charge in [-0.3, -0.25) is 4.68 Å². The topological polar surface area (TPSA) is 29.9 Å². The smallest absolute Gasteiger partial charge is 0.0664 e. The van der Waals surface area contributed by atoms with Gasteiger partial charge in [-0.2, -0.15) is 5.10 Å². The summed E-state index contributed by atoms with van der Waals surface area (Å²) in [6, 6.07) is 2.91. The summed E-state index contributed by atoms with van der Waals surface area (Å²) in [5, 5.41) is 7.89. The van der Waals surface area contributed by atoms with Crippen LogP contribution in [0.4, 0.5) is 0 Å². The molecule has 1 aliphatic carbocycles. The molecule has 1 aliphatic rings. The van der Waals surface area contributed by atoms with Crippen LogP contribution in [-0.4, -0.2) is 22.4 Å². The lowest BCUT2D eigenvalue weighted by atomic mass is 10.1. The van der Waals surface area contributed by atoms with Gasteiger partial charge in [0.05, 0.1) is 5.69 Å². The van der Waals surface area contributed by atoms with E-state index in [2.05, 4.69) is 29.5 Å². The maximum Gasteiger partial charge on any atom is 0.0664 e. The zero-order valence-electron chi connectivity index (χ0n) is 10.2. The first-order valence-corrected chi connectivity index (χ1v) is 6.11. The number of nitrogens with one attached hydrogen (secondary N) is 1. The van der Waals surface area contributed by atoms with Gasteiger partial charge in [0.15, 0.2) is 0 Å². The number of aromatic nitrogens is 2. The van der Waals surface area contributed by atoms with Crippen LogP contribution in [-0.2, 0) is 13.5 Å². The Bertz CT molecular complexity index is 361. The minimum atomic E-state index is 0.824. The predicted octanol–water partition coefficient (Wildman–Crippen LogP) is 2.05. The van der Waals surface area contributed by atoms with Gasteiger partial charge in [0.1, 0.15) is 0 Å². The van der Waals surface area contributed by atoms with E-state index >= 15 is 0 Å². The molecule has 1 saturated carbocycles. The maximum atomic E-state index is 4.38. The minimum Gasteiger partial charge on any atom is -0.314 e. The number of hydrogen-bond donors (Lipinski definition) is 1. The van der Waals surface area contributed by atoms with E-state index in [0.717, 1.165) is 31.1 Å². The van der Waals surface area contributed by atoms with Crippen molar-refractivity contribution < 1.29 is 0 Å². The van der Waals surface area contributed by atoms with Gasteiger partial charge >= 0.3 is 0 Å². The van der Waals surface area contributed by atoms with Gasteiger partial charge in [-0.25, -0.2) is 0 Å². The van der Waals surface area contributed by atoms with Gasteiger partial charge in [0, 0.05) is 25.7 Å². The first kappa shape index (κ1) is 11.4. The largest absolute Gasteiger partial charge is 0.314 e. The Hall–Kier alpha value is -1.09. The van der Waals surface area contributed by atoms with Gasteiger partial charge < -0.3 is 5.32 Å². The highest BCUT2D eigenvalue weighted by molar-refractivity contribution is 5.11. The molecule has 0 bridgehead atoms. The fraction of sp³-hybridized carbons (Fsp3) is 0.615. The standard InChI is InChI=1S/C13H21N3/c1-11(4-3-8-14-12-5-6-12)10-13-7-9-16(2)15-13/h4,7,9,12,14H,3,5-6,8,10H2,1-2H3/b11-4-. The lowest BCUT2D eigenvalue weighted by molar-refractivity contribution is 0.688. The van der Waals surface area contributed by atoms with E-state index in [4.69, 9.17) is 0 Å². The number of aryl methyl sites for hydroxylation is 1. The summed E-state index contributed by atoms with van der Waals surface area (Å²) in [5.41, 5.74) is 2.57. The van der Waals surface area contributed by atoms with Crippen molar-refractivity contribution in [1.29, 1.82) is 0 Å². The summed E-state index contributed by atoms with van der Waals surface area (Å²) in [5.74, 6) is 0. The highest BCUT2D eigenvalue weighted by atomic mass is 15.2. The summed E-state index contributed by atoms with van der Waals surface area (Å²) in [6.07, 6.45) is 9.17. The molecule has 0 saturated heterocycles. The molecule has 3 nitrogen and oxygen atoms in total. The van der Waals surface area contributed by atoms with Crippen LogP contribution in [0.25, 0.3) is 0 Å². The summed E-state index contributed by atoms with van der Waals surface area (Å²) >= 11 is 0. The molecule has 1 aromatic rings. The molecule has 0 radical (unpaired) electrons. The molecule has 1 fully saturated rings. The van der Waals surface area contributed by atoms with E-state index in [1.807, 2.05) is 17.9 Å². The van der Waals surface area contributed by atoms with Crippen LogP contribution in [0.15, 0.2) is 23.9 Å². The van der Waals surface area contributed by atoms with E-state index in [9.17, 15) is 0 Å². The van der Waals surface area contributed by atoms with Gasteiger partial charge in [0.25, 0.3) is 0 Å². The zero-order valence-corrected chi connectivity index (χ0v) is 10.2. The van der Waals surface area contributed by atoms with Gasteiger partial charge in [-0.05, 0) is 38.8 Å². The van der Waals surface area contributed by atoms with Gasteiger partial charge in [0.2, 0.25) is 0 Å². The molecule has 0 aliphatic heterocycles. The average Bonchev–Trinajstić information content (AvgIpc) is 2.98. The number of hydrogen-bond acceptors (Lipinski definition) is 2. The fourth-order valence-electron chi connectivity index (χ4n) is 1.81. The maximum absolute atomic E-state index is 4.38. The van der Waals surface area contributed by atoms with E-state index in [1.165, 1.54) is 18.4 Å². The van der Waals surface area contributed by atoms with Crippen molar-refractivity contribution in [3.63, 3.8) is 0 Å². The molecule has 2 rings (SSSR count). The second kappa shape index (κ2) is 5.30. The van der Waals surface area contributed by atoms with Crippen LogP contribution in [0.3, 0.4) is 0 Å². The van der Waals surface area contributed by atoms with E-state index in [-0.39, 0.29) is 0 Å². The van der Waals surface area contributed by atoms with Crippen molar-refractivity contribution in [2.75, 3.05) is 6.54 Å². The monoisotopic (exact) mass is 219 g/mol. The second-order valence-electron chi connectivity index (χ2n) is 4.73. The first-order chi connectivity index (χ1) is 7.74. The molecule has 0 atom stereocenters. The molecule has 16 heavy (non-hydrogen) atoms. The number of allylic oxidation sites excluding steroid dienone is 1. The van der Waals surface area contributed by atoms with Gasteiger partial charge in [-0.15, -0.1) is 0 Å². The quantitative estimate of drug-likeness (QED) is 0.586. The fourth-order valence-corrected chi connectivity index (χ4v) is 1.81. The predicted molar refractivity (Wildman–Crippen MR) is 66.3 cm³/mol. The first-order valence-electron chi connectivity index (χ1n) is 6.11. The molecule has 0 aromatic carbocycles. The van der Waals surface area contributed by atoms with Crippen LogP contribution < -0.4 is 5.32 Å². The Kier molecular flexibility index (Phi) is 3.78. The lowest BCUT2D eigenvalue weighted by Gasteiger charge is -2.01. The van der Waals surface area contributed by atoms with Crippen molar-refractivity contribution in [1.82, 2.24) is 15.1 Å². The zero-order chi connectivity index (χ0) is 11.4. The van der Waals surface area contributed by atoms with E-state index in [0.29, 0.717) is 0 Å². The molecule has 0 amide bonds. The molecule has 88 valence electrons. The average molecular weight is 219 g/mol. The van der Waals surface area contributed by atoms with Gasteiger partial charge in [-0.1, -0.05) is 11.6 Å². The molecule has 0 spiro atoms. The molecule has 1 N–H and O–H groups in total. The van der Waals surface area contributed by atoms with Crippen LogP contribution in [0.1, 0.15) is 31.9 Å². The highest BCUT2D eigenvalue weighted by Crippen LogP contribution is 2.18. The third-order valence-electron chi connectivity index (χ3n) is 2.88. The second-order valence-corrected chi connectivity index (χ2v) is 4.73. The summed E-state index contributed by atoms with van der Waals surface area (Å²) in [6.45, 7) is 3.30. The van der Waals surface area contributed by atoms with Crippen molar-refractivity contribution >= 4 is 0 Å². The Balaban J connectivity index is 1.69. The van der Waals surface area contributed by atoms with Crippen molar-refractivity contribution in [3.8, 4) is 0 Å². The van der Waals surface area contributed by atoms with Crippen LogP contribution >= 0.6 is 0 Å². The molecule has 1 aromatic heterocycles. The van der Waals surface area contributed by atoms with Crippen LogP contribution in [0, 0.1) is 0 Å². The number of nitrogens with zero attached hydrogens (tertiary/aromatic N) is 2. The molecule has 3 heteroatoms. The Morgan fingerprint density at radius 2 is 2.44 bits per heavy atom. The lowest BCUT2D eigenvalue weighted by Crippen LogP contribution is -2.16. The van der Waals surface area contributed by atoms with Crippen molar-refractivity contribution in [2.45, 2.75) is 38.6 Å². The minimum absolute atomic E-state index is 0.824. The molecular formula is C13H21N3. The molecule has 0 unspecified atom stereocenters. The van der Waals surface area contributed by atoms with Crippen molar-refractivity contribution in [3.05, 3.63) is 29.6 Å². The molecular weight excluding hydrogens is 198 g/mol. The van der Waals surface area contributed by atoms with Crippen LogP contribution in [0.5, 0.6) is 0 Å². The summed E-state index contributed by atoms with van der Waals surface area (Å²) in [7, 11) is 1.96. The number of rotatable bonds is 6. The normalized spacial score (nSPS) is 16.8. The Morgan fingerprint density at radius 1 is 1.62 bits per heavy atom. The van der Waals surface area contributed by atoms with Crippen molar-refractivity contribution in [2.24, 2.45) is 7.05 Å². The Morgan fingerprint density at radius 3 is 3.06 bits per heavy atom. The SMILES string of the molecule is C/C(=C/CCNC1CC1)Cc1ccn(C)n1.